The molecule has 1 aromatic carbocycles. The first kappa shape index (κ1) is 19.0. The molecule has 1 unspecified atom stereocenters. The van der Waals surface area contributed by atoms with E-state index >= 15 is 0 Å². The number of hydrogen-bond acceptors (Lipinski definition) is 6. The van der Waals surface area contributed by atoms with Gasteiger partial charge in [-0.1, -0.05) is 12.1 Å². The fourth-order valence-electron chi connectivity index (χ4n) is 3.18. The zero-order valence-electron chi connectivity index (χ0n) is 15.0. The van der Waals surface area contributed by atoms with E-state index in [1.807, 2.05) is 35.2 Å². The zero-order chi connectivity index (χ0) is 19.9. The van der Waals surface area contributed by atoms with Gasteiger partial charge in [-0.25, -0.2) is 4.98 Å². The van der Waals surface area contributed by atoms with Gasteiger partial charge in [0, 0.05) is 42.0 Å². The van der Waals surface area contributed by atoms with Gasteiger partial charge in [0.1, 0.15) is 5.82 Å². The van der Waals surface area contributed by atoms with Crippen molar-refractivity contribution in [2.24, 2.45) is 0 Å². The molecule has 1 fully saturated rings. The Labute approximate surface area is 161 Å². The van der Waals surface area contributed by atoms with Crippen molar-refractivity contribution >= 4 is 18.2 Å². The zero-order valence-corrected chi connectivity index (χ0v) is 15.0. The van der Waals surface area contributed by atoms with Crippen molar-refractivity contribution in [1.29, 1.82) is 0 Å². The van der Waals surface area contributed by atoms with Crippen molar-refractivity contribution in [3.63, 3.8) is 0 Å². The van der Waals surface area contributed by atoms with Crippen LogP contribution in [-0.4, -0.2) is 55.6 Å². The Hall–Kier alpha value is -3.75. The van der Waals surface area contributed by atoms with E-state index in [2.05, 4.69) is 20.2 Å². The van der Waals surface area contributed by atoms with E-state index in [0.717, 1.165) is 24.2 Å². The van der Waals surface area contributed by atoms with Crippen LogP contribution in [0.5, 0.6) is 0 Å². The number of amides is 1. The lowest BCUT2D eigenvalue weighted by Crippen LogP contribution is -2.28. The van der Waals surface area contributed by atoms with Gasteiger partial charge < -0.3 is 15.7 Å². The molecule has 0 spiro atoms. The van der Waals surface area contributed by atoms with E-state index in [4.69, 9.17) is 15.6 Å². The van der Waals surface area contributed by atoms with Crippen LogP contribution in [0.15, 0.2) is 48.9 Å². The molecule has 0 aliphatic carbocycles. The Morgan fingerprint density at radius 1 is 1.25 bits per heavy atom. The average Bonchev–Trinajstić information content (AvgIpc) is 3.40. The number of hydrogen-bond donors (Lipinski definition) is 3. The molecular formula is C19H20N6O3. The highest BCUT2D eigenvalue weighted by molar-refractivity contribution is 5.94. The maximum Gasteiger partial charge on any atom is 0.290 e. The largest absolute Gasteiger partial charge is 0.483 e. The number of nitrogens with two attached hydrogens (primary N) is 1. The molecule has 4 N–H and O–H groups in total. The maximum atomic E-state index is 12.7. The van der Waals surface area contributed by atoms with Gasteiger partial charge in [0.05, 0.1) is 18.1 Å². The number of nitrogens with zero attached hydrogens (tertiary/aromatic N) is 4. The number of nitrogen functional groups attached to an aromatic ring is 1. The van der Waals surface area contributed by atoms with Gasteiger partial charge in [0.2, 0.25) is 0 Å². The molecule has 28 heavy (non-hydrogen) atoms. The highest BCUT2D eigenvalue weighted by atomic mass is 16.3. The number of carbonyl (C=O) groups is 2. The topological polar surface area (TPSA) is 138 Å². The maximum absolute atomic E-state index is 12.7. The minimum atomic E-state index is -0.250. The lowest BCUT2D eigenvalue weighted by molar-refractivity contribution is -0.122. The second kappa shape index (κ2) is 8.76. The Morgan fingerprint density at radius 2 is 2.00 bits per heavy atom. The minimum absolute atomic E-state index is 0.0484. The average molecular weight is 380 g/mol. The van der Waals surface area contributed by atoms with Crippen molar-refractivity contribution in [2.75, 3.05) is 18.8 Å². The van der Waals surface area contributed by atoms with Crippen molar-refractivity contribution in [1.82, 2.24) is 25.1 Å². The molecule has 1 aliphatic rings. The van der Waals surface area contributed by atoms with Crippen LogP contribution >= 0.6 is 0 Å². The Balaban J connectivity index is 0.000000706. The number of anilines is 1. The molecule has 9 heteroatoms. The number of carbonyl (C=O) groups excluding carboxylic acids is 1. The standard InChI is InChI=1S/C18H18N6O.CH2O2/c19-17-10-20-9-16(22-17)12-1-3-13(4-2-12)18(25)24-8-6-14(11-24)15-5-7-21-23-15;2-1-3/h1-5,7,9-10,14H,6,8,11H2,(H2,19,22)(H,21,23);1H,(H,2,3). The lowest BCUT2D eigenvalue weighted by atomic mass is 10.1. The van der Waals surface area contributed by atoms with Crippen LogP contribution in [0.4, 0.5) is 5.82 Å². The fraction of sp³-hybridized carbons (Fsp3) is 0.211. The summed E-state index contributed by atoms with van der Waals surface area (Å²) in [6, 6.07) is 9.37. The monoisotopic (exact) mass is 380 g/mol. The highest BCUT2D eigenvalue weighted by Crippen LogP contribution is 2.27. The molecule has 2 aromatic heterocycles. The van der Waals surface area contributed by atoms with Crippen LogP contribution < -0.4 is 5.73 Å². The Bertz CT molecular complexity index is 927. The van der Waals surface area contributed by atoms with Gasteiger partial charge >= 0.3 is 0 Å². The Morgan fingerprint density at radius 3 is 2.64 bits per heavy atom. The molecular weight excluding hydrogens is 360 g/mol. The molecule has 1 atom stereocenters. The predicted octanol–water partition coefficient (Wildman–Crippen LogP) is 1.78. The number of carboxylic acid groups (broad SMARTS) is 1. The first-order chi connectivity index (χ1) is 13.6. The van der Waals surface area contributed by atoms with Crippen molar-refractivity contribution in [3.05, 3.63) is 60.2 Å². The van der Waals surface area contributed by atoms with Crippen molar-refractivity contribution in [2.45, 2.75) is 12.3 Å². The number of H-pyrrole nitrogens is 1. The molecule has 0 radical (unpaired) electrons. The van der Waals surface area contributed by atoms with Gasteiger partial charge in [-0.3, -0.25) is 19.7 Å². The lowest BCUT2D eigenvalue weighted by Gasteiger charge is -2.16. The SMILES string of the molecule is Nc1cncc(-c2ccc(C(=O)N3CCC(c4ccn[nH]4)C3)cc2)n1.O=CO. The molecule has 1 aliphatic heterocycles. The molecule has 144 valence electrons. The molecule has 1 saturated heterocycles. The quantitative estimate of drug-likeness (QED) is 0.589. The van der Waals surface area contributed by atoms with Gasteiger partial charge in [-0.2, -0.15) is 5.10 Å². The van der Waals surface area contributed by atoms with Crippen LogP contribution in [0.2, 0.25) is 0 Å². The normalized spacial score (nSPS) is 15.6. The molecule has 3 aromatic rings. The third-order valence-corrected chi connectivity index (χ3v) is 4.52. The third-order valence-electron chi connectivity index (χ3n) is 4.52. The fourth-order valence-corrected chi connectivity index (χ4v) is 3.18. The highest BCUT2D eigenvalue weighted by Gasteiger charge is 2.28. The summed E-state index contributed by atoms with van der Waals surface area (Å²) in [6.07, 6.45) is 5.86. The van der Waals surface area contributed by atoms with Gasteiger partial charge in [-0.05, 0) is 24.6 Å². The van der Waals surface area contributed by atoms with Crippen LogP contribution in [0.1, 0.15) is 28.4 Å². The van der Waals surface area contributed by atoms with E-state index < -0.39 is 0 Å². The summed E-state index contributed by atoms with van der Waals surface area (Å²) in [7, 11) is 0. The minimum Gasteiger partial charge on any atom is -0.483 e. The van der Waals surface area contributed by atoms with E-state index in [0.29, 0.717) is 29.5 Å². The molecule has 1 amide bonds. The van der Waals surface area contributed by atoms with E-state index in [-0.39, 0.29) is 12.4 Å². The molecule has 0 bridgehead atoms. The van der Waals surface area contributed by atoms with Crippen LogP contribution in [-0.2, 0) is 4.79 Å². The summed E-state index contributed by atoms with van der Waals surface area (Å²) in [5.74, 6) is 0.750. The van der Waals surface area contributed by atoms with Crippen LogP contribution in [0, 0.1) is 0 Å². The summed E-state index contributed by atoms with van der Waals surface area (Å²) in [4.78, 5) is 31.3. The third kappa shape index (κ3) is 4.32. The summed E-state index contributed by atoms with van der Waals surface area (Å²) in [6.45, 7) is 1.22. The summed E-state index contributed by atoms with van der Waals surface area (Å²) in [5.41, 5.74) is 9.01. The predicted molar refractivity (Wildman–Crippen MR) is 102 cm³/mol. The molecule has 4 rings (SSSR count). The summed E-state index contributed by atoms with van der Waals surface area (Å²) < 4.78 is 0. The second-order valence-electron chi connectivity index (χ2n) is 6.26. The van der Waals surface area contributed by atoms with E-state index in [1.54, 1.807) is 12.4 Å². The van der Waals surface area contributed by atoms with Crippen molar-refractivity contribution in [3.8, 4) is 11.3 Å². The van der Waals surface area contributed by atoms with Gasteiger partial charge in [-0.15, -0.1) is 0 Å². The second-order valence-corrected chi connectivity index (χ2v) is 6.26. The van der Waals surface area contributed by atoms with Crippen molar-refractivity contribution < 1.29 is 14.7 Å². The Kier molecular flexibility index (Phi) is 5.95. The van der Waals surface area contributed by atoms with Gasteiger partial charge in [0.25, 0.3) is 12.4 Å². The number of likely N-dealkylation sites (tertiary alicyclic amines) is 1. The number of benzene rings is 1. The number of aromatic nitrogens is 4. The molecule has 9 nitrogen and oxygen atoms in total. The smallest absolute Gasteiger partial charge is 0.290 e. The molecule has 3 heterocycles. The summed E-state index contributed by atoms with van der Waals surface area (Å²) in [5, 5.41) is 13.9. The number of aromatic amines is 1. The summed E-state index contributed by atoms with van der Waals surface area (Å²) >= 11 is 0. The van der Waals surface area contributed by atoms with E-state index in [1.165, 1.54) is 6.20 Å². The number of nitrogens with one attached hydrogen (secondary N) is 1. The number of rotatable bonds is 3. The molecule has 0 saturated carbocycles. The van der Waals surface area contributed by atoms with Gasteiger partial charge in [0.15, 0.2) is 0 Å². The van der Waals surface area contributed by atoms with Crippen LogP contribution in [0.3, 0.4) is 0 Å². The van der Waals surface area contributed by atoms with Crippen LogP contribution in [0.25, 0.3) is 11.3 Å². The first-order valence-electron chi connectivity index (χ1n) is 8.66. The van der Waals surface area contributed by atoms with E-state index in [9.17, 15) is 4.79 Å². The first-order valence-corrected chi connectivity index (χ1v) is 8.66.